The molecule has 1 aromatic heterocycles. The fourth-order valence-electron chi connectivity index (χ4n) is 3.57. The van der Waals surface area contributed by atoms with Crippen molar-refractivity contribution in [1.29, 1.82) is 0 Å². The number of hydrogen-bond donors (Lipinski definition) is 2. The van der Waals surface area contributed by atoms with Crippen molar-refractivity contribution < 1.29 is 49.1 Å². The van der Waals surface area contributed by atoms with Gasteiger partial charge in [-0.3, -0.25) is 4.79 Å². The summed E-state index contributed by atoms with van der Waals surface area (Å²) >= 11 is -0.113. The number of alkyl halides is 6. The van der Waals surface area contributed by atoms with Gasteiger partial charge in [-0.2, -0.15) is 30.6 Å². The molecule has 1 aliphatic rings. The lowest BCUT2D eigenvalue weighted by Crippen LogP contribution is -2.54. The number of carbonyl (C=O) groups is 1. The van der Waals surface area contributed by atoms with Gasteiger partial charge >= 0.3 is 12.4 Å². The molecule has 1 aliphatic heterocycles. The van der Waals surface area contributed by atoms with Crippen molar-refractivity contribution in [3.05, 3.63) is 40.7 Å². The maximum absolute atomic E-state index is 13.4. The van der Waals surface area contributed by atoms with Crippen molar-refractivity contribution in [3.8, 4) is 0 Å². The lowest BCUT2D eigenvalue weighted by molar-refractivity contribution is -0.254. The predicted molar refractivity (Wildman–Crippen MR) is 108 cm³/mol. The average Bonchev–Trinajstić information content (AvgIpc) is 3.22. The molecule has 1 aromatic carbocycles. The number of thiazole rings is 1. The van der Waals surface area contributed by atoms with E-state index in [2.05, 4.69) is 4.98 Å². The van der Waals surface area contributed by atoms with Crippen LogP contribution in [0.1, 0.15) is 17.4 Å². The highest BCUT2D eigenvalue weighted by Crippen LogP contribution is 2.42. The van der Waals surface area contributed by atoms with Crippen LogP contribution in [0.25, 0.3) is 0 Å². The number of nitrogens with zero attached hydrogens (tertiary/aromatic N) is 3. The van der Waals surface area contributed by atoms with Crippen LogP contribution in [0.2, 0.25) is 0 Å². The highest BCUT2D eigenvalue weighted by molar-refractivity contribution is 7.91. The zero-order valence-electron chi connectivity index (χ0n) is 17.6. The molecule has 194 valence electrons. The molecule has 3 rings (SSSR count). The molecule has 1 unspecified atom stereocenters. The van der Waals surface area contributed by atoms with Gasteiger partial charge in [-0.05, 0) is 25.1 Å². The molecular formula is C18H17F7N4O4S2. The number of aliphatic hydroxyl groups is 1. The van der Waals surface area contributed by atoms with E-state index < -0.39 is 60.5 Å². The molecule has 35 heavy (non-hydrogen) atoms. The van der Waals surface area contributed by atoms with Crippen LogP contribution in [-0.4, -0.2) is 60.6 Å². The fourth-order valence-corrected chi connectivity index (χ4v) is 6.56. The molecule has 2 atom stereocenters. The molecule has 3 N–H and O–H groups in total. The van der Waals surface area contributed by atoms with E-state index in [9.17, 15) is 49.1 Å². The Kier molecular flexibility index (Phi) is 6.86. The van der Waals surface area contributed by atoms with Crippen LogP contribution >= 0.6 is 11.3 Å². The Morgan fingerprint density at radius 1 is 1.20 bits per heavy atom. The summed E-state index contributed by atoms with van der Waals surface area (Å²) in [5.74, 6) is -3.29. The van der Waals surface area contributed by atoms with E-state index in [1.54, 1.807) is 0 Å². The quantitative estimate of drug-likeness (QED) is 0.553. The van der Waals surface area contributed by atoms with E-state index in [0.29, 0.717) is 12.3 Å². The molecule has 0 aliphatic carbocycles. The molecule has 0 radical (unpaired) electrons. The second kappa shape index (κ2) is 8.86. The Labute approximate surface area is 197 Å². The van der Waals surface area contributed by atoms with Crippen LogP contribution in [0.15, 0.2) is 28.7 Å². The van der Waals surface area contributed by atoms with Gasteiger partial charge in [0.2, 0.25) is 4.34 Å². The number of sulfonamides is 1. The normalized spacial score (nSPS) is 20.0. The third-order valence-corrected chi connectivity index (χ3v) is 8.80. The minimum atomic E-state index is -5.56. The third-order valence-electron chi connectivity index (χ3n) is 5.31. The first-order chi connectivity index (χ1) is 15.9. The van der Waals surface area contributed by atoms with E-state index in [4.69, 9.17) is 5.73 Å². The number of hydrogen-bond acceptors (Lipinski definition) is 7. The number of benzene rings is 1. The molecule has 17 heteroatoms. The zero-order chi connectivity index (χ0) is 26.6. The van der Waals surface area contributed by atoms with Crippen molar-refractivity contribution in [2.45, 2.75) is 35.3 Å². The first-order valence-corrected chi connectivity index (χ1v) is 11.8. The van der Waals surface area contributed by atoms with Gasteiger partial charge in [0.1, 0.15) is 5.82 Å². The minimum Gasteiger partial charge on any atom is -0.368 e. The van der Waals surface area contributed by atoms with Gasteiger partial charge < -0.3 is 15.7 Å². The molecule has 0 saturated carbocycles. The van der Waals surface area contributed by atoms with Gasteiger partial charge in [0, 0.05) is 37.6 Å². The Morgan fingerprint density at radius 3 is 2.34 bits per heavy atom. The van der Waals surface area contributed by atoms with Crippen LogP contribution in [0, 0.1) is 5.82 Å². The Hall–Kier alpha value is -2.50. The van der Waals surface area contributed by atoms with Gasteiger partial charge in [-0.25, -0.2) is 17.8 Å². The number of primary amides is 1. The minimum absolute atomic E-state index is 0.113. The first kappa shape index (κ1) is 27.1. The molecular weight excluding hydrogens is 533 g/mol. The SMILES string of the molecule is C[C@@H]1CN(c2ccc(F)cc2C(F)(F)F)CCN1S(=O)(=O)c1ncc(C(O)(C(N)=O)C(F)(F)F)s1. The summed E-state index contributed by atoms with van der Waals surface area (Å²) in [5, 5.41) is 9.85. The van der Waals surface area contributed by atoms with Gasteiger partial charge in [-0.1, -0.05) is 0 Å². The number of carbonyl (C=O) groups excluding carboxylic acids is 1. The lowest BCUT2D eigenvalue weighted by Gasteiger charge is -2.40. The van der Waals surface area contributed by atoms with Gasteiger partial charge in [0.05, 0.1) is 10.4 Å². The highest BCUT2D eigenvalue weighted by Gasteiger charge is 2.61. The number of amides is 1. The fraction of sp³-hybridized carbons (Fsp3) is 0.444. The van der Waals surface area contributed by atoms with E-state index in [1.807, 2.05) is 0 Å². The molecule has 0 spiro atoms. The summed E-state index contributed by atoms with van der Waals surface area (Å²) in [5.41, 5.74) is -1.08. The van der Waals surface area contributed by atoms with Crippen LogP contribution in [-0.2, 0) is 26.6 Å². The second-order valence-electron chi connectivity index (χ2n) is 7.63. The summed E-state index contributed by atoms with van der Waals surface area (Å²) in [4.78, 5) is 14.8. The Bertz CT molecular complexity index is 1230. The van der Waals surface area contributed by atoms with Gasteiger partial charge in [-0.15, -0.1) is 11.3 Å². The Morgan fingerprint density at radius 2 is 1.83 bits per heavy atom. The summed E-state index contributed by atoms with van der Waals surface area (Å²) in [6, 6.07) is 1.09. The highest BCUT2D eigenvalue weighted by atomic mass is 32.2. The average molecular weight is 550 g/mol. The zero-order valence-corrected chi connectivity index (χ0v) is 19.2. The van der Waals surface area contributed by atoms with Crippen LogP contribution < -0.4 is 10.6 Å². The number of aromatic nitrogens is 1. The first-order valence-electron chi connectivity index (χ1n) is 9.59. The third kappa shape index (κ3) is 4.81. The van der Waals surface area contributed by atoms with Gasteiger partial charge in [0.25, 0.3) is 21.5 Å². The molecule has 8 nitrogen and oxygen atoms in total. The summed E-state index contributed by atoms with van der Waals surface area (Å²) in [6.07, 6.45) is -10.1. The largest absolute Gasteiger partial charge is 0.431 e. The van der Waals surface area contributed by atoms with E-state index in [-0.39, 0.29) is 36.7 Å². The maximum Gasteiger partial charge on any atom is 0.431 e. The van der Waals surface area contributed by atoms with Crippen molar-refractivity contribution in [2.75, 3.05) is 24.5 Å². The van der Waals surface area contributed by atoms with Crippen molar-refractivity contribution in [2.24, 2.45) is 5.73 Å². The molecule has 1 amide bonds. The second-order valence-corrected chi connectivity index (χ2v) is 10.7. The molecule has 2 heterocycles. The predicted octanol–water partition coefficient (Wildman–Crippen LogP) is 2.44. The van der Waals surface area contributed by atoms with E-state index >= 15 is 0 Å². The van der Waals surface area contributed by atoms with Crippen molar-refractivity contribution in [1.82, 2.24) is 9.29 Å². The topological polar surface area (TPSA) is 117 Å². The number of halogens is 7. The number of rotatable bonds is 5. The summed E-state index contributed by atoms with van der Waals surface area (Å²) < 4.78 is 119. The standard InChI is InChI=1S/C18H17F7N4O4S2/c1-9-8-28(12-3-2-10(19)6-11(12)17(20,21)22)4-5-29(9)35(32,33)15-27-7-13(34-15)16(31,14(26)30)18(23,24)25/h2-3,6-7,9,31H,4-5,8H2,1H3,(H2,26,30)/t9-,16?/m1/s1. The van der Waals surface area contributed by atoms with Crippen molar-refractivity contribution >= 4 is 33.0 Å². The lowest BCUT2D eigenvalue weighted by atomic mass is 10.0. The summed E-state index contributed by atoms with van der Waals surface area (Å²) in [7, 11) is -4.57. The molecule has 2 aromatic rings. The Balaban J connectivity index is 1.89. The van der Waals surface area contributed by atoms with Crippen LogP contribution in [0.5, 0.6) is 0 Å². The summed E-state index contributed by atoms with van der Waals surface area (Å²) in [6.45, 7) is 0.446. The molecule has 0 bridgehead atoms. The van der Waals surface area contributed by atoms with Crippen LogP contribution in [0.3, 0.4) is 0 Å². The molecule has 1 fully saturated rings. The smallest absolute Gasteiger partial charge is 0.368 e. The molecule has 1 saturated heterocycles. The van der Waals surface area contributed by atoms with Gasteiger partial charge in [0.15, 0.2) is 0 Å². The number of anilines is 1. The maximum atomic E-state index is 13.4. The monoisotopic (exact) mass is 550 g/mol. The van der Waals surface area contributed by atoms with E-state index in [0.717, 1.165) is 16.4 Å². The van der Waals surface area contributed by atoms with E-state index in [1.165, 1.54) is 11.8 Å². The van der Waals surface area contributed by atoms with Crippen LogP contribution in [0.4, 0.5) is 36.4 Å². The van der Waals surface area contributed by atoms with Crippen molar-refractivity contribution in [3.63, 3.8) is 0 Å². The number of piperazine rings is 1. The number of nitrogens with two attached hydrogens (primary N) is 1.